The van der Waals surface area contributed by atoms with Crippen LogP contribution in [0, 0.1) is 26.7 Å². The van der Waals surface area contributed by atoms with E-state index in [1.54, 1.807) is 42.6 Å². The van der Waals surface area contributed by atoms with Crippen molar-refractivity contribution in [1.29, 1.82) is 0 Å². The monoisotopic (exact) mass is 470 g/mol. The lowest BCUT2D eigenvalue weighted by atomic mass is 9.97. The average Bonchev–Trinajstić information content (AvgIpc) is 3.10. The molecule has 1 fully saturated rings. The number of aliphatic hydroxyl groups is 1. The van der Waals surface area contributed by atoms with E-state index in [1.807, 2.05) is 39.0 Å². The largest absolute Gasteiger partial charge is 0.507 e. The molecule has 4 rings (SSSR count). The van der Waals surface area contributed by atoms with Gasteiger partial charge in [-0.2, -0.15) is 0 Å². The molecule has 0 aliphatic carbocycles. The number of anilines is 1. The number of carbonyl (C=O) groups is 2. The van der Waals surface area contributed by atoms with Crippen molar-refractivity contribution in [3.8, 4) is 5.75 Å². The summed E-state index contributed by atoms with van der Waals surface area (Å²) in [5, 5.41) is 11.4. The summed E-state index contributed by atoms with van der Waals surface area (Å²) in [7, 11) is 0. The fraction of sp³-hybridized carbons (Fsp3) is 0.276. The molecule has 1 aliphatic rings. The molecule has 0 bridgehead atoms. The molecule has 2 aromatic carbocycles. The van der Waals surface area contributed by atoms with Gasteiger partial charge in [0, 0.05) is 17.4 Å². The van der Waals surface area contributed by atoms with Crippen LogP contribution in [0.25, 0.3) is 5.76 Å². The molecule has 1 amide bonds. The molecule has 1 unspecified atom stereocenters. The third kappa shape index (κ3) is 4.69. The minimum atomic E-state index is -0.853. The first-order chi connectivity index (χ1) is 16.7. The number of nitrogens with zero attached hydrogens (tertiary/aromatic N) is 2. The van der Waals surface area contributed by atoms with Crippen LogP contribution in [-0.4, -0.2) is 28.4 Å². The lowest BCUT2D eigenvalue weighted by molar-refractivity contribution is -0.132. The maximum absolute atomic E-state index is 13.4. The van der Waals surface area contributed by atoms with E-state index in [9.17, 15) is 14.7 Å². The normalized spacial score (nSPS) is 17.3. The number of aliphatic hydroxyl groups excluding tert-OH is 1. The Morgan fingerprint density at radius 1 is 1.03 bits per heavy atom. The number of ether oxygens (including phenoxy) is 1. The number of ketones is 1. The number of benzene rings is 2. The van der Waals surface area contributed by atoms with Gasteiger partial charge in [0.1, 0.15) is 17.6 Å². The van der Waals surface area contributed by atoms with Crippen molar-refractivity contribution in [3.63, 3.8) is 0 Å². The summed E-state index contributed by atoms with van der Waals surface area (Å²) < 4.78 is 5.85. The summed E-state index contributed by atoms with van der Waals surface area (Å²) >= 11 is 0. The van der Waals surface area contributed by atoms with Crippen LogP contribution in [0.2, 0.25) is 0 Å². The molecule has 1 aliphatic heterocycles. The molecule has 1 atom stereocenters. The predicted octanol–water partition coefficient (Wildman–Crippen LogP) is 5.67. The van der Waals surface area contributed by atoms with Crippen LogP contribution in [-0.2, 0) is 9.59 Å². The number of rotatable bonds is 6. The molecule has 1 aromatic heterocycles. The van der Waals surface area contributed by atoms with Crippen molar-refractivity contribution in [2.75, 3.05) is 11.5 Å². The first-order valence-electron chi connectivity index (χ1n) is 11.7. The van der Waals surface area contributed by atoms with Crippen molar-refractivity contribution in [2.24, 2.45) is 5.92 Å². The summed E-state index contributed by atoms with van der Waals surface area (Å²) in [5.41, 5.74) is 4.22. The predicted molar refractivity (Wildman–Crippen MR) is 136 cm³/mol. The number of aryl methyl sites for hydroxylation is 3. The van der Waals surface area contributed by atoms with Crippen LogP contribution in [0.5, 0.6) is 5.75 Å². The van der Waals surface area contributed by atoms with Crippen molar-refractivity contribution in [2.45, 2.75) is 40.7 Å². The molecule has 6 nitrogen and oxygen atoms in total. The van der Waals surface area contributed by atoms with Gasteiger partial charge in [-0.25, -0.2) is 0 Å². The quantitative estimate of drug-likeness (QED) is 0.285. The molecule has 3 aromatic rings. The number of hydrogen-bond donors (Lipinski definition) is 1. The Hall–Kier alpha value is -3.93. The van der Waals surface area contributed by atoms with E-state index in [4.69, 9.17) is 4.74 Å². The van der Waals surface area contributed by atoms with Crippen molar-refractivity contribution >= 4 is 23.1 Å². The van der Waals surface area contributed by atoms with E-state index in [2.05, 4.69) is 18.8 Å². The third-order valence-corrected chi connectivity index (χ3v) is 6.06. The summed E-state index contributed by atoms with van der Waals surface area (Å²) in [6.07, 6.45) is 1.61. The number of hydrogen-bond acceptors (Lipinski definition) is 5. The minimum absolute atomic E-state index is 0.0184. The molecule has 1 saturated heterocycles. The summed E-state index contributed by atoms with van der Waals surface area (Å²) in [4.78, 5) is 32.6. The maximum Gasteiger partial charge on any atom is 0.300 e. The first-order valence-corrected chi connectivity index (χ1v) is 11.7. The first kappa shape index (κ1) is 24.2. The lowest BCUT2D eigenvalue weighted by Crippen LogP contribution is -2.30. The Morgan fingerprint density at radius 2 is 1.80 bits per heavy atom. The Labute approximate surface area is 205 Å². The van der Waals surface area contributed by atoms with E-state index in [-0.39, 0.29) is 11.3 Å². The Kier molecular flexibility index (Phi) is 6.74. The van der Waals surface area contributed by atoms with Crippen LogP contribution in [0.15, 0.2) is 66.4 Å². The molecule has 180 valence electrons. The molecular weight excluding hydrogens is 440 g/mol. The topological polar surface area (TPSA) is 79.7 Å². The second-order valence-electron chi connectivity index (χ2n) is 9.40. The van der Waals surface area contributed by atoms with Crippen LogP contribution in [0.1, 0.15) is 47.8 Å². The highest BCUT2D eigenvalue weighted by atomic mass is 16.5. The molecule has 0 radical (unpaired) electrons. The zero-order valence-corrected chi connectivity index (χ0v) is 20.7. The smallest absolute Gasteiger partial charge is 0.300 e. The van der Waals surface area contributed by atoms with Gasteiger partial charge in [0.15, 0.2) is 0 Å². The Morgan fingerprint density at radius 3 is 2.46 bits per heavy atom. The van der Waals surface area contributed by atoms with Crippen molar-refractivity contribution < 1.29 is 19.4 Å². The van der Waals surface area contributed by atoms with Crippen molar-refractivity contribution in [3.05, 3.63) is 94.3 Å². The van der Waals surface area contributed by atoms with Gasteiger partial charge >= 0.3 is 0 Å². The maximum atomic E-state index is 13.4. The highest BCUT2D eigenvalue weighted by Gasteiger charge is 2.48. The minimum Gasteiger partial charge on any atom is -0.507 e. The van der Waals surface area contributed by atoms with Crippen LogP contribution in [0.4, 0.5) is 5.69 Å². The van der Waals surface area contributed by atoms with Crippen LogP contribution < -0.4 is 9.64 Å². The van der Waals surface area contributed by atoms with E-state index < -0.39 is 17.7 Å². The average molecular weight is 471 g/mol. The van der Waals surface area contributed by atoms with Crippen molar-refractivity contribution in [1.82, 2.24) is 4.98 Å². The molecular formula is C29H30N2O4. The zero-order valence-electron chi connectivity index (χ0n) is 20.7. The van der Waals surface area contributed by atoms with Gasteiger partial charge in [-0.05, 0) is 79.8 Å². The van der Waals surface area contributed by atoms with Gasteiger partial charge < -0.3 is 9.84 Å². The number of amides is 1. The number of aromatic nitrogens is 1. The standard InChI is InChI=1S/C29H30N2O4/c1-17(2)16-35-24-12-11-21(15-20(24)5)27(32)25-26(22-8-6-7-13-30-22)31(29(34)28(25)33)23-14-18(3)9-10-19(23)4/h6-15,17,26,32H,16H2,1-5H3/b27-25-. The Bertz CT molecular complexity index is 1310. The summed E-state index contributed by atoms with van der Waals surface area (Å²) in [6.45, 7) is 10.4. The van der Waals surface area contributed by atoms with Gasteiger partial charge in [0.25, 0.3) is 11.7 Å². The fourth-order valence-corrected chi connectivity index (χ4v) is 4.25. The number of Topliss-reactive ketones (excluding diaryl/α,β-unsaturated/α-hetero) is 1. The number of carbonyl (C=O) groups excluding carboxylic acids is 2. The van der Waals surface area contributed by atoms with Crippen LogP contribution >= 0.6 is 0 Å². The second-order valence-corrected chi connectivity index (χ2v) is 9.40. The SMILES string of the molecule is Cc1ccc(C)c(N2C(=O)C(=O)/C(=C(\O)c3ccc(OCC(C)C)c(C)c3)C2c2ccccn2)c1. The van der Waals surface area contributed by atoms with Gasteiger partial charge in [-0.3, -0.25) is 19.5 Å². The van der Waals surface area contributed by atoms with E-state index >= 15 is 0 Å². The van der Waals surface area contributed by atoms with E-state index in [0.717, 1.165) is 16.7 Å². The zero-order chi connectivity index (χ0) is 25.3. The highest BCUT2D eigenvalue weighted by molar-refractivity contribution is 6.51. The van der Waals surface area contributed by atoms with Gasteiger partial charge in [0.2, 0.25) is 0 Å². The molecule has 2 heterocycles. The Balaban J connectivity index is 1.86. The lowest BCUT2D eigenvalue weighted by Gasteiger charge is -2.26. The molecule has 1 N–H and O–H groups in total. The fourth-order valence-electron chi connectivity index (χ4n) is 4.25. The van der Waals surface area contributed by atoms with Gasteiger partial charge in [0.05, 0.1) is 17.9 Å². The molecule has 0 spiro atoms. The van der Waals surface area contributed by atoms with Crippen LogP contribution in [0.3, 0.4) is 0 Å². The van der Waals surface area contributed by atoms with E-state index in [1.165, 1.54) is 4.90 Å². The van der Waals surface area contributed by atoms with E-state index in [0.29, 0.717) is 35.2 Å². The summed E-state index contributed by atoms with van der Waals surface area (Å²) in [5.74, 6) is -0.569. The highest BCUT2D eigenvalue weighted by Crippen LogP contribution is 2.43. The second kappa shape index (κ2) is 9.74. The molecule has 0 saturated carbocycles. The third-order valence-electron chi connectivity index (χ3n) is 6.06. The number of pyridine rings is 1. The van der Waals surface area contributed by atoms with Gasteiger partial charge in [-0.15, -0.1) is 0 Å². The molecule has 35 heavy (non-hydrogen) atoms. The molecule has 6 heteroatoms. The summed E-state index contributed by atoms with van der Waals surface area (Å²) in [6, 6.07) is 15.5. The van der Waals surface area contributed by atoms with Gasteiger partial charge in [-0.1, -0.05) is 32.0 Å².